The Balaban J connectivity index is 1.65. The average Bonchev–Trinajstić information content (AvgIpc) is 3.01. The van der Waals surface area contributed by atoms with Crippen LogP contribution in [0, 0.1) is 5.82 Å². The second-order valence-corrected chi connectivity index (χ2v) is 7.42. The lowest BCUT2D eigenvalue weighted by Gasteiger charge is -2.11. The number of fused-ring (bicyclic) bond motifs is 1. The number of rotatable bonds is 5. The van der Waals surface area contributed by atoms with Gasteiger partial charge in [0.1, 0.15) is 18.2 Å². The van der Waals surface area contributed by atoms with Gasteiger partial charge < -0.3 is 9.88 Å². The monoisotopic (exact) mass is 427 g/mol. The molecule has 7 heteroatoms. The lowest BCUT2D eigenvalue weighted by Crippen LogP contribution is -2.20. The minimum atomic E-state index is -0.408. The first-order valence-electron chi connectivity index (χ1n) is 8.93. The molecule has 4 aromatic rings. The van der Waals surface area contributed by atoms with Crippen molar-refractivity contribution in [1.29, 1.82) is 0 Å². The van der Waals surface area contributed by atoms with Gasteiger partial charge >= 0.3 is 0 Å². The summed E-state index contributed by atoms with van der Waals surface area (Å²) in [5.41, 5.74) is 2.88. The molecule has 1 N–H and O–H groups in total. The zero-order valence-corrected chi connectivity index (χ0v) is 16.7. The van der Waals surface area contributed by atoms with Gasteiger partial charge in [0, 0.05) is 22.2 Å². The first-order valence-corrected chi connectivity index (χ1v) is 9.69. The summed E-state index contributed by atoms with van der Waals surface area (Å²) in [7, 11) is 0. The number of carbonyl (C=O) groups is 1. The summed E-state index contributed by atoms with van der Waals surface area (Å²) in [4.78, 5) is 17.3. The van der Waals surface area contributed by atoms with E-state index in [0.29, 0.717) is 28.0 Å². The number of hydrogen-bond acceptors (Lipinski definition) is 2. The Kier molecular flexibility index (Phi) is 5.51. The number of para-hydroxylation sites is 2. The molecule has 0 radical (unpaired) electrons. The maximum atomic E-state index is 13.4. The molecule has 0 aliphatic carbocycles. The molecule has 0 atom stereocenters. The summed E-state index contributed by atoms with van der Waals surface area (Å²) in [6.45, 7) is 0.0393. The van der Waals surface area contributed by atoms with Gasteiger partial charge in [0.25, 0.3) is 0 Å². The summed E-state index contributed by atoms with van der Waals surface area (Å²) in [6, 6.07) is 18.7. The van der Waals surface area contributed by atoms with Crippen molar-refractivity contribution in [2.75, 3.05) is 5.32 Å². The number of amides is 1. The Bertz CT molecular complexity index is 1210. The summed E-state index contributed by atoms with van der Waals surface area (Å²) in [5.74, 6) is 0.0148. The molecule has 0 spiro atoms. The third-order valence-electron chi connectivity index (χ3n) is 4.51. The van der Waals surface area contributed by atoms with Crippen LogP contribution in [-0.2, 0) is 17.8 Å². The smallest absolute Gasteiger partial charge is 0.244 e. The highest BCUT2D eigenvalue weighted by Crippen LogP contribution is 2.25. The predicted octanol–water partition coefficient (Wildman–Crippen LogP) is 5.71. The first-order chi connectivity index (χ1) is 14.0. The van der Waals surface area contributed by atoms with E-state index in [0.717, 1.165) is 16.6 Å². The molecule has 4 nitrogen and oxygen atoms in total. The summed E-state index contributed by atoms with van der Waals surface area (Å²) in [5, 5.41) is 3.82. The van der Waals surface area contributed by atoms with Crippen LogP contribution in [0.3, 0.4) is 0 Å². The molecule has 3 aromatic carbocycles. The van der Waals surface area contributed by atoms with E-state index in [9.17, 15) is 9.18 Å². The van der Waals surface area contributed by atoms with E-state index in [2.05, 4.69) is 10.3 Å². The largest absolute Gasteiger partial charge is 0.324 e. The summed E-state index contributed by atoms with van der Waals surface area (Å²) >= 11 is 12.3. The minimum absolute atomic E-state index is 0.0393. The molecule has 0 fully saturated rings. The van der Waals surface area contributed by atoms with Gasteiger partial charge in [0.15, 0.2) is 0 Å². The second-order valence-electron chi connectivity index (χ2n) is 6.57. The number of nitrogens with zero attached hydrogens (tertiary/aromatic N) is 2. The first kappa shape index (κ1) is 19.4. The quantitative estimate of drug-likeness (QED) is 0.443. The number of halogens is 3. The highest BCUT2D eigenvalue weighted by molar-refractivity contribution is 6.35. The van der Waals surface area contributed by atoms with E-state index in [4.69, 9.17) is 23.2 Å². The number of nitrogens with one attached hydrogen (secondary N) is 1. The number of benzene rings is 3. The van der Waals surface area contributed by atoms with Crippen molar-refractivity contribution in [3.8, 4) is 0 Å². The van der Waals surface area contributed by atoms with Crippen LogP contribution in [0.15, 0.2) is 66.7 Å². The fourth-order valence-electron chi connectivity index (χ4n) is 3.18. The molecule has 0 aliphatic rings. The molecule has 1 amide bonds. The fourth-order valence-corrected chi connectivity index (χ4v) is 3.66. The number of aromatic nitrogens is 2. The van der Waals surface area contributed by atoms with E-state index in [-0.39, 0.29) is 12.5 Å². The van der Waals surface area contributed by atoms with Gasteiger partial charge in [0.05, 0.1) is 11.0 Å². The van der Waals surface area contributed by atoms with Crippen molar-refractivity contribution in [2.45, 2.75) is 13.0 Å². The Morgan fingerprint density at radius 2 is 1.86 bits per heavy atom. The molecule has 4 rings (SSSR count). The highest BCUT2D eigenvalue weighted by Gasteiger charge is 2.15. The Morgan fingerprint density at radius 1 is 1.03 bits per heavy atom. The van der Waals surface area contributed by atoms with Crippen LogP contribution in [0.25, 0.3) is 11.0 Å². The molecule has 0 bridgehead atoms. The standard InChI is InChI=1S/C22H16Cl2FN3O/c23-15-9-8-14(18(24)11-15)10-21-27-19-6-1-2-7-20(19)28(21)13-22(29)26-17-5-3-4-16(25)12-17/h1-9,11-12H,10,13H2,(H,26,29). The van der Waals surface area contributed by atoms with Crippen LogP contribution in [0.2, 0.25) is 10.0 Å². The Hall–Kier alpha value is -2.89. The molecule has 0 aliphatic heterocycles. The number of anilines is 1. The van der Waals surface area contributed by atoms with Gasteiger partial charge in [-0.2, -0.15) is 0 Å². The third-order valence-corrected chi connectivity index (χ3v) is 5.09. The molecular weight excluding hydrogens is 412 g/mol. The van der Waals surface area contributed by atoms with Crippen LogP contribution in [0.4, 0.5) is 10.1 Å². The van der Waals surface area contributed by atoms with Crippen LogP contribution in [0.5, 0.6) is 0 Å². The summed E-state index contributed by atoms with van der Waals surface area (Å²) < 4.78 is 15.2. The van der Waals surface area contributed by atoms with Crippen LogP contribution < -0.4 is 5.32 Å². The Morgan fingerprint density at radius 3 is 2.66 bits per heavy atom. The van der Waals surface area contributed by atoms with Crippen LogP contribution in [-0.4, -0.2) is 15.5 Å². The maximum absolute atomic E-state index is 13.4. The molecule has 0 unspecified atom stereocenters. The second kappa shape index (κ2) is 8.23. The third kappa shape index (κ3) is 4.42. The van der Waals surface area contributed by atoms with Crippen LogP contribution in [0.1, 0.15) is 11.4 Å². The molecule has 29 heavy (non-hydrogen) atoms. The number of carbonyl (C=O) groups excluding carboxylic acids is 1. The lowest BCUT2D eigenvalue weighted by atomic mass is 10.1. The van der Waals surface area contributed by atoms with Gasteiger partial charge in [-0.25, -0.2) is 9.37 Å². The van der Waals surface area contributed by atoms with Crippen molar-refractivity contribution in [3.63, 3.8) is 0 Å². The van der Waals surface area contributed by atoms with Crippen molar-refractivity contribution in [1.82, 2.24) is 9.55 Å². The topological polar surface area (TPSA) is 46.9 Å². The number of imidazole rings is 1. The zero-order chi connectivity index (χ0) is 20.4. The maximum Gasteiger partial charge on any atom is 0.244 e. The number of hydrogen-bond donors (Lipinski definition) is 1. The zero-order valence-electron chi connectivity index (χ0n) is 15.2. The van der Waals surface area contributed by atoms with E-state index in [1.807, 2.05) is 34.9 Å². The van der Waals surface area contributed by atoms with Crippen molar-refractivity contribution in [3.05, 3.63) is 94.0 Å². The molecule has 0 saturated carbocycles. The molecule has 1 heterocycles. The SMILES string of the molecule is O=C(Cn1c(Cc2ccc(Cl)cc2Cl)nc2ccccc21)Nc1cccc(F)c1. The van der Waals surface area contributed by atoms with Gasteiger partial charge in [-0.1, -0.05) is 47.5 Å². The normalized spacial score (nSPS) is 11.0. The summed E-state index contributed by atoms with van der Waals surface area (Å²) in [6.07, 6.45) is 0.442. The van der Waals surface area contributed by atoms with E-state index in [1.54, 1.807) is 24.3 Å². The van der Waals surface area contributed by atoms with Gasteiger partial charge in [-0.3, -0.25) is 4.79 Å². The van der Waals surface area contributed by atoms with E-state index < -0.39 is 5.82 Å². The lowest BCUT2D eigenvalue weighted by molar-refractivity contribution is -0.116. The van der Waals surface area contributed by atoms with E-state index >= 15 is 0 Å². The molecule has 1 aromatic heterocycles. The predicted molar refractivity (Wildman–Crippen MR) is 114 cm³/mol. The highest BCUT2D eigenvalue weighted by atomic mass is 35.5. The van der Waals surface area contributed by atoms with Gasteiger partial charge in [-0.05, 0) is 48.0 Å². The fraction of sp³-hybridized carbons (Fsp3) is 0.0909. The molecular formula is C22H16Cl2FN3O. The van der Waals surface area contributed by atoms with Crippen LogP contribution >= 0.6 is 23.2 Å². The minimum Gasteiger partial charge on any atom is -0.324 e. The molecule has 146 valence electrons. The average molecular weight is 428 g/mol. The molecule has 0 saturated heterocycles. The van der Waals surface area contributed by atoms with Crippen molar-refractivity contribution >= 4 is 45.8 Å². The Labute approximate surface area is 176 Å². The van der Waals surface area contributed by atoms with E-state index in [1.165, 1.54) is 12.1 Å². The van der Waals surface area contributed by atoms with Gasteiger partial charge in [-0.15, -0.1) is 0 Å². The van der Waals surface area contributed by atoms with Crippen molar-refractivity contribution < 1.29 is 9.18 Å². The van der Waals surface area contributed by atoms with Crippen molar-refractivity contribution in [2.24, 2.45) is 0 Å². The van der Waals surface area contributed by atoms with Gasteiger partial charge in [0.2, 0.25) is 5.91 Å².